The monoisotopic (exact) mass is 312 g/mol. The van der Waals surface area contributed by atoms with Crippen molar-refractivity contribution >= 4 is 11.9 Å². The molecule has 3 rings (SSSR count). The lowest BCUT2D eigenvalue weighted by Crippen LogP contribution is -2.20. The van der Waals surface area contributed by atoms with E-state index in [2.05, 4.69) is 0 Å². The molecule has 6 heteroatoms. The van der Waals surface area contributed by atoms with Crippen molar-refractivity contribution in [2.75, 3.05) is 0 Å². The van der Waals surface area contributed by atoms with Crippen molar-refractivity contribution in [3.05, 3.63) is 0 Å². The molecular formula is C16H24O6. The van der Waals surface area contributed by atoms with Crippen LogP contribution in [0.4, 0.5) is 0 Å². The topological polar surface area (TPSA) is 77.7 Å². The van der Waals surface area contributed by atoms with Gasteiger partial charge in [-0.15, -0.1) is 0 Å². The maximum Gasteiger partial charge on any atom is 0.308 e. The van der Waals surface area contributed by atoms with E-state index >= 15 is 0 Å². The summed E-state index contributed by atoms with van der Waals surface area (Å²) in [5.74, 6) is -0.370. The number of esters is 2. The molecule has 0 aromatic heterocycles. The van der Waals surface area contributed by atoms with Crippen LogP contribution in [0.5, 0.6) is 0 Å². The van der Waals surface area contributed by atoms with E-state index in [1.165, 1.54) is 0 Å². The zero-order valence-electron chi connectivity index (χ0n) is 13.2. The van der Waals surface area contributed by atoms with Gasteiger partial charge in [-0.05, 0) is 33.1 Å². The van der Waals surface area contributed by atoms with E-state index < -0.39 is 0 Å². The number of hydrogen-bond donors (Lipinski definition) is 0. The predicted octanol–water partition coefficient (Wildman–Crippen LogP) is 1.74. The van der Waals surface area contributed by atoms with Gasteiger partial charge < -0.3 is 18.9 Å². The van der Waals surface area contributed by atoms with Gasteiger partial charge in [-0.25, -0.2) is 0 Å². The Bertz CT molecular complexity index is 436. The fourth-order valence-electron chi connectivity index (χ4n) is 3.07. The van der Waals surface area contributed by atoms with Crippen molar-refractivity contribution in [2.24, 2.45) is 0 Å². The number of carbonyl (C=O) groups is 2. The minimum absolute atomic E-state index is 0.0413. The molecule has 6 atom stereocenters. The molecular weight excluding hydrogens is 288 g/mol. The van der Waals surface area contributed by atoms with Crippen LogP contribution in [0.3, 0.4) is 0 Å². The lowest BCUT2D eigenvalue weighted by Gasteiger charge is -2.13. The summed E-state index contributed by atoms with van der Waals surface area (Å²) in [6.07, 6.45) is 3.53. The fraction of sp³-hybridized carbons (Fsp3) is 0.875. The Morgan fingerprint density at radius 2 is 1.45 bits per heavy atom. The van der Waals surface area contributed by atoms with Crippen molar-refractivity contribution < 1.29 is 28.5 Å². The zero-order chi connectivity index (χ0) is 15.7. The van der Waals surface area contributed by atoms with Crippen molar-refractivity contribution in [1.82, 2.24) is 0 Å². The molecule has 0 aromatic rings. The Morgan fingerprint density at radius 3 is 2.27 bits per heavy atom. The van der Waals surface area contributed by atoms with Gasteiger partial charge in [-0.1, -0.05) is 0 Å². The van der Waals surface area contributed by atoms with E-state index in [4.69, 9.17) is 18.9 Å². The quantitative estimate of drug-likeness (QED) is 0.501. The Kier molecular flexibility index (Phi) is 4.68. The molecule has 6 unspecified atom stereocenters. The molecule has 0 amide bonds. The summed E-state index contributed by atoms with van der Waals surface area (Å²) in [5.41, 5.74) is 0. The van der Waals surface area contributed by atoms with E-state index in [0.29, 0.717) is 25.7 Å². The van der Waals surface area contributed by atoms with Crippen molar-refractivity contribution in [1.29, 1.82) is 0 Å². The third-order valence-corrected chi connectivity index (χ3v) is 4.46. The standard InChI is InChI=1S/C16H24O6/c1-9-3-4-11-14(22-11)8-16(18)20-10(2)7-13-12(21-13)5-6-15(17)19-9/h9-14H,3-8H2,1-2H3. The van der Waals surface area contributed by atoms with E-state index in [1.54, 1.807) is 0 Å². The number of ether oxygens (including phenoxy) is 4. The predicted molar refractivity (Wildman–Crippen MR) is 76.1 cm³/mol. The van der Waals surface area contributed by atoms with E-state index in [1.807, 2.05) is 13.8 Å². The van der Waals surface area contributed by atoms with Crippen LogP contribution < -0.4 is 0 Å². The summed E-state index contributed by atoms with van der Waals surface area (Å²) >= 11 is 0. The molecule has 124 valence electrons. The molecule has 3 aliphatic rings. The first kappa shape index (κ1) is 15.7. The van der Waals surface area contributed by atoms with E-state index in [0.717, 1.165) is 12.8 Å². The average molecular weight is 312 g/mol. The van der Waals surface area contributed by atoms with Gasteiger partial charge in [0.05, 0.1) is 36.9 Å². The van der Waals surface area contributed by atoms with Crippen LogP contribution in [0.25, 0.3) is 0 Å². The highest BCUT2D eigenvalue weighted by Crippen LogP contribution is 2.33. The third kappa shape index (κ3) is 4.43. The number of rotatable bonds is 0. The Balaban J connectivity index is 1.54. The summed E-state index contributed by atoms with van der Waals surface area (Å²) in [6, 6.07) is 0. The zero-order valence-corrected chi connectivity index (χ0v) is 13.2. The molecule has 6 nitrogen and oxygen atoms in total. The molecule has 0 aliphatic carbocycles. The average Bonchev–Trinajstić information content (AvgIpc) is 3.31. The molecule has 0 spiro atoms. The number of hydrogen-bond acceptors (Lipinski definition) is 6. The van der Waals surface area contributed by atoms with Crippen molar-refractivity contribution in [3.63, 3.8) is 0 Å². The number of cyclic esters (lactones) is 2. The molecule has 3 fully saturated rings. The second-order valence-electron chi connectivity index (χ2n) is 6.58. The maximum absolute atomic E-state index is 11.8. The van der Waals surface area contributed by atoms with Crippen LogP contribution in [0.2, 0.25) is 0 Å². The van der Waals surface area contributed by atoms with Crippen LogP contribution in [-0.4, -0.2) is 48.6 Å². The van der Waals surface area contributed by atoms with Crippen LogP contribution in [0.1, 0.15) is 52.4 Å². The van der Waals surface area contributed by atoms with Crippen molar-refractivity contribution in [2.45, 2.75) is 89.0 Å². The van der Waals surface area contributed by atoms with Crippen LogP contribution in [-0.2, 0) is 28.5 Å². The molecule has 0 radical (unpaired) electrons. The van der Waals surface area contributed by atoms with Crippen molar-refractivity contribution in [3.8, 4) is 0 Å². The highest BCUT2D eigenvalue weighted by atomic mass is 16.6. The highest BCUT2D eigenvalue weighted by Gasteiger charge is 2.42. The van der Waals surface area contributed by atoms with Gasteiger partial charge in [0.15, 0.2) is 0 Å². The number of fused-ring (bicyclic) bond motifs is 2. The first-order chi connectivity index (χ1) is 10.5. The second-order valence-corrected chi connectivity index (χ2v) is 6.58. The van der Waals surface area contributed by atoms with Crippen LogP contribution in [0, 0.1) is 0 Å². The van der Waals surface area contributed by atoms with Gasteiger partial charge in [-0.2, -0.15) is 0 Å². The summed E-state index contributed by atoms with van der Waals surface area (Å²) in [6.45, 7) is 3.77. The fourth-order valence-corrected chi connectivity index (χ4v) is 3.07. The summed E-state index contributed by atoms with van der Waals surface area (Å²) in [4.78, 5) is 23.6. The number of carbonyl (C=O) groups excluding carboxylic acids is 2. The Morgan fingerprint density at radius 1 is 0.773 bits per heavy atom. The summed E-state index contributed by atoms with van der Waals surface area (Å²) in [5, 5.41) is 0. The van der Waals surface area contributed by atoms with Gasteiger partial charge in [0, 0.05) is 12.8 Å². The molecule has 0 saturated carbocycles. The highest BCUT2D eigenvalue weighted by molar-refractivity contribution is 5.70. The largest absolute Gasteiger partial charge is 0.463 e. The Labute approximate surface area is 130 Å². The minimum atomic E-state index is -0.205. The second kappa shape index (κ2) is 6.54. The summed E-state index contributed by atoms with van der Waals surface area (Å²) < 4.78 is 21.8. The first-order valence-corrected chi connectivity index (χ1v) is 8.21. The molecule has 0 N–H and O–H groups in total. The van der Waals surface area contributed by atoms with Crippen LogP contribution in [0.15, 0.2) is 0 Å². The molecule has 22 heavy (non-hydrogen) atoms. The van der Waals surface area contributed by atoms with Gasteiger partial charge in [0.25, 0.3) is 0 Å². The van der Waals surface area contributed by atoms with E-state index in [-0.39, 0.29) is 48.6 Å². The summed E-state index contributed by atoms with van der Waals surface area (Å²) in [7, 11) is 0. The molecule has 3 heterocycles. The van der Waals surface area contributed by atoms with E-state index in [9.17, 15) is 9.59 Å². The maximum atomic E-state index is 11.8. The van der Waals surface area contributed by atoms with Crippen LogP contribution >= 0.6 is 0 Å². The molecule has 0 aromatic carbocycles. The number of epoxide rings is 2. The van der Waals surface area contributed by atoms with Gasteiger partial charge in [0.1, 0.15) is 6.10 Å². The van der Waals surface area contributed by atoms with Gasteiger partial charge in [-0.3, -0.25) is 9.59 Å². The third-order valence-electron chi connectivity index (χ3n) is 4.46. The Hall–Kier alpha value is -1.14. The normalized spacial score (nSPS) is 43.4. The minimum Gasteiger partial charge on any atom is -0.463 e. The first-order valence-electron chi connectivity index (χ1n) is 8.21. The van der Waals surface area contributed by atoms with Gasteiger partial charge >= 0.3 is 11.9 Å². The molecule has 3 aliphatic heterocycles. The molecule has 3 saturated heterocycles. The lowest BCUT2D eigenvalue weighted by molar-refractivity contribution is -0.149. The molecule has 0 bridgehead atoms. The lowest BCUT2D eigenvalue weighted by atomic mass is 10.1. The van der Waals surface area contributed by atoms with Gasteiger partial charge in [0.2, 0.25) is 0 Å². The smallest absolute Gasteiger partial charge is 0.308 e. The SMILES string of the molecule is CC1CCC2OC2CC(=O)OC(C)CC2OC2CCC(=O)O1.